The van der Waals surface area contributed by atoms with Crippen LogP contribution >= 0.6 is 11.6 Å². The van der Waals surface area contributed by atoms with Gasteiger partial charge in [0.15, 0.2) is 11.5 Å². The second-order valence-corrected chi connectivity index (χ2v) is 11.0. The molecule has 0 spiro atoms. The summed E-state index contributed by atoms with van der Waals surface area (Å²) in [5.41, 5.74) is 3.36. The van der Waals surface area contributed by atoms with Crippen LogP contribution in [0.1, 0.15) is 55.5 Å². The second kappa shape index (κ2) is 10.6. The van der Waals surface area contributed by atoms with Crippen LogP contribution in [0.25, 0.3) is 0 Å². The van der Waals surface area contributed by atoms with Gasteiger partial charge in [-0.15, -0.1) is 0 Å². The van der Waals surface area contributed by atoms with Crippen LogP contribution in [0.3, 0.4) is 0 Å². The van der Waals surface area contributed by atoms with Gasteiger partial charge in [0.2, 0.25) is 5.91 Å². The zero-order valence-corrected chi connectivity index (χ0v) is 23.0. The van der Waals surface area contributed by atoms with Gasteiger partial charge in [-0.1, -0.05) is 35.9 Å². The van der Waals surface area contributed by atoms with Crippen molar-refractivity contribution in [2.24, 2.45) is 5.92 Å². The minimum Gasteiger partial charge on any atom is -0.493 e. The first-order valence-corrected chi connectivity index (χ1v) is 13.4. The van der Waals surface area contributed by atoms with E-state index in [1.165, 1.54) is 0 Å². The van der Waals surface area contributed by atoms with Crippen LogP contribution in [0.2, 0.25) is 5.02 Å². The highest BCUT2D eigenvalue weighted by Crippen LogP contribution is 2.44. The summed E-state index contributed by atoms with van der Waals surface area (Å²) in [6.45, 7) is 6.98. The third-order valence-corrected chi connectivity index (χ3v) is 7.84. The molecule has 1 fully saturated rings. The Kier molecular flexibility index (Phi) is 7.40. The lowest BCUT2D eigenvalue weighted by atomic mass is 9.82. The molecular weight excluding hydrogens is 502 g/mol. The van der Waals surface area contributed by atoms with Crippen molar-refractivity contribution in [1.29, 1.82) is 0 Å². The van der Waals surface area contributed by atoms with Crippen molar-refractivity contribution in [3.63, 3.8) is 0 Å². The third kappa shape index (κ3) is 5.00. The molecule has 7 heteroatoms. The molecule has 2 unspecified atom stereocenters. The molecule has 3 atom stereocenters. The number of halogens is 1. The van der Waals surface area contributed by atoms with E-state index < -0.39 is 11.6 Å². The predicted octanol–water partition coefficient (Wildman–Crippen LogP) is 6.06. The smallest absolute Gasteiger partial charge is 0.232 e. The molecule has 0 bridgehead atoms. The zero-order chi connectivity index (χ0) is 27.0. The molecule has 0 aliphatic carbocycles. The molecule has 38 heavy (non-hydrogen) atoms. The monoisotopic (exact) mass is 535 g/mol. The van der Waals surface area contributed by atoms with Gasteiger partial charge in [0.1, 0.15) is 0 Å². The fourth-order valence-electron chi connectivity index (χ4n) is 5.50. The maximum atomic E-state index is 13.7. The molecule has 2 aliphatic heterocycles. The molecule has 1 saturated heterocycles. The fourth-order valence-corrected chi connectivity index (χ4v) is 5.63. The second-order valence-electron chi connectivity index (χ2n) is 10.5. The molecule has 2 heterocycles. The molecule has 5 rings (SSSR count). The molecule has 1 amide bonds. The summed E-state index contributed by atoms with van der Waals surface area (Å²) < 4.78 is 17.2. The van der Waals surface area contributed by atoms with Gasteiger partial charge in [-0.05, 0) is 85.8 Å². The number of anilines is 1. The Morgan fingerprint density at radius 2 is 1.79 bits per heavy atom. The quantitative estimate of drug-likeness (QED) is 0.398. The molecule has 3 aromatic carbocycles. The van der Waals surface area contributed by atoms with Gasteiger partial charge in [-0.25, -0.2) is 0 Å². The van der Waals surface area contributed by atoms with Crippen LogP contribution < -0.4 is 14.4 Å². The summed E-state index contributed by atoms with van der Waals surface area (Å²) in [5, 5.41) is 11.9. The number of ether oxygens (including phenoxy) is 3. The number of nitrogens with zero attached hydrogens (tertiary/aromatic N) is 1. The highest BCUT2D eigenvalue weighted by atomic mass is 35.5. The number of carbonyl (C=O) groups excluding carboxylic acids is 1. The van der Waals surface area contributed by atoms with E-state index in [0.29, 0.717) is 29.7 Å². The Hall–Kier alpha value is -3.06. The SMILES string of the molecule is COc1cc2c(cc1OC(C)C)C(c1ccc(Cl)cc1)N(c1ccc([C@@](C)(O)C3CCOC3)cc1)C(=O)C2. The van der Waals surface area contributed by atoms with E-state index in [0.717, 1.165) is 34.4 Å². The normalized spacial score (nSPS) is 20.8. The number of methoxy groups -OCH3 is 1. The van der Waals surface area contributed by atoms with Crippen molar-refractivity contribution >= 4 is 23.2 Å². The van der Waals surface area contributed by atoms with E-state index in [1.807, 2.05) is 86.3 Å². The molecule has 0 saturated carbocycles. The lowest BCUT2D eigenvalue weighted by molar-refractivity contribution is -0.118. The largest absolute Gasteiger partial charge is 0.493 e. The number of fused-ring (bicyclic) bond motifs is 1. The van der Waals surface area contributed by atoms with Gasteiger partial charge >= 0.3 is 0 Å². The zero-order valence-electron chi connectivity index (χ0n) is 22.2. The van der Waals surface area contributed by atoms with Crippen LogP contribution in [0, 0.1) is 5.92 Å². The number of benzene rings is 3. The number of amides is 1. The first-order chi connectivity index (χ1) is 18.2. The summed E-state index contributed by atoms with van der Waals surface area (Å²) in [7, 11) is 1.61. The van der Waals surface area contributed by atoms with E-state index in [9.17, 15) is 9.90 Å². The Bertz CT molecular complexity index is 1300. The van der Waals surface area contributed by atoms with Crippen molar-refractivity contribution < 1.29 is 24.1 Å². The summed E-state index contributed by atoms with van der Waals surface area (Å²) >= 11 is 6.22. The van der Waals surface area contributed by atoms with Crippen molar-refractivity contribution in [3.8, 4) is 11.5 Å². The van der Waals surface area contributed by atoms with Crippen LogP contribution in [0.4, 0.5) is 5.69 Å². The fraction of sp³-hybridized carbons (Fsp3) is 0.387. The lowest BCUT2D eigenvalue weighted by Crippen LogP contribution is -2.41. The lowest BCUT2D eigenvalue weighted by Gasteiger charge is -2.38. The summed E-state index contributed by atoms with van der Waals surface area (Å²) in [6.07, 6.45) is 1.01. The molecule has 1 N–H and O–H groups in total. The van der Waals surface area contributed by atoms with E-state index in [1.54, 1.807) is 7.11 Å². The van der Waals surface area contributed by atoms with Crippen LogP contribution in [0.15, 0.2) is 60.7 Å². The van der Waals surface area contributed by atoms with Crippen molar-refractivity contribution in [2.45, 2.75) is 51.4 Å². The van der Waals surface area contributed by atoms with Gasteiger partial charge in [-0.3, -0.25) is 4.79 Å². The number of hydrogen-bond acceptors (Lipinski definition) is 5. The summed E-state index contributed by atoms with van der Waals surface area (Å²) in [4.78, 5) is 15.6. The number of hydrogen-bond donors (Lipinski definition) is 1. The maximum absolute atomic E-state index is 13.7. The van der Waals surface area contributed by atoms with Crippen LogP contribution in [0.5, 0.6) is 11.5 Å². The Morgan fingerprint density at radius 3 is 2.39 bits per heavy atom. The Morgan fingerprint density at radius 1 is 1.08 bits per heavy atom. The van der Waals surface area contributed by atoms with E-state index in [2.05, 4.69) is 0 Å². The highest BCUT2D eigenvalue weighted by Gasteiger charge is 2.38. The molecular formula is C31H34ClNO5. The highest BCUT2D eigenvalue weighted by molar-refractivity contribution is 6.30. The Balaban J connectivity index is 1.60. The third-order valence-electron chi connectivity index (χ3n) is 7.59. The van der Waals surface area contributed by atoms with E-state index >= 15 is 0 Å². The minimum absolute atomic E-state index is 0.0271. The average Bonchev–Trinajstić information content (AvgIpc) is 3.44. The number of rotatable bonds is 7. The maximum Gasteiger partial charge on any atom is 0.232 e. The van der Waals surface area contributed by atoms with Crippen molar-refractivity contribution in [1.82, 2.24) is 0 Å². The van der Waals surface area contributed by atoms with Gasteiger partial charge in [0.05, 0.1) is 37.9 Å². The first kappa shape index (κ1) is 26.5. The summed E-state index contributed by atoms with van der Waals surface area (Å²) in [6, 6.07) is 18.8. The standard InChI is InChI=1S/C31H34ClNO5/c1-19(2)38-28-17-26-21(15-27(28)36-4)16-29(34)33(30(26)20-5-9-24(32)10-6-20)25-11-7-22(8-12-25)31(3,35)23-13-14-37-18-23/h5-12,15,17,19,23,30,35H,13-14,16,18H2,1-4H3/t23?,30?,31-/m1/s1. The topological polar surface area (TPSA) is 68.2 Å². The molecule has 0 radical (unpaired) electrons. The van der Waals surface area contributed by atoms with Gasteiger partial charge in [-0.2, -0.15) is 0 Å². The van der Waals surface area contributed by atoms with Gasteiger partial charge in [0.25, 0.3) is 0 Å². The van der Waals surface area contributed by atoms with Crippen LogP contribution in [-0.4, -0.2) is 37.4 Å². The Labute approximate surface area is 229 Å². The minimum atomic E-state index is -1.01. The van der Waals surface area contributed by atoms with E-state index in [-0.39, 0.29) is 24.3 Å². The van der Waals surface area contributed by atoms with Crippen molar-refractivity contribution in [2.75, 3.05) is 25.2 Å². The predicted molar refractivity (Wildman–Crippen MR) is 148 cm³/mol. The van der Waals surface area contributed by atoms with Gasteiger partial charge < -0.3 is 24.2 Å². The van der Waals surface area contributed by atoms with Gasteiger partial charge in [0, 0.05) is 23.2 Å². The van der Waals surface area contributed by atoms with E-state index in [4.69, 9.17) is 25.8 Å². The molecule has 3 aromatic rings. The molecule has 2 aliphatic rings. The number of aliphatic hydroxyl groups is 1. The van der Waals surface area contributed by atoms with Crippen molar-refractivity contribution in [3.05, 3.63) is 87.9 Å². The summed E-state index contributed by atoms with van der Waals surface area (Å²) in [5.74, 6) is 1.25. The molecule has 200 valence electrons. The average molecular weight is 536 g/mol. The molecule has 0 aromatic heterocycles. The first-order valence-electron chi connectivity index (χ1n) is 13.0. The number of carbonyl (C=O) groups is 1. The molecule has 6 nitrogen and oxygen atoms in total. The van der Waals surface area contributed by atoms with Crippen LogP contribution in [-0.2, 0) is 21.6 Å².